The van der Waals surface area contributed by atoms with Gasteiger partial charge in [0.05, 0.1) is 0 Å². The van der Waals surface area contributed by atoms with Gasteiger partial charge in [-0.1, -0.05) is 105 Å². The molecule has 3 aromatic rings. The van der Waals surface area contributed by atoms with Gasteiger partial charge in [-0.15, -0.1) is 0 Å². The van der Waals surface area contributed by atoms with Crippen LogP contribution < -0.4 is 10.6 Å². The van der Waals surface area contributed by atoms with Crippen LogP contribution in [0.5, 0.6) is 0 Å². The molecule has 0 heterocycles. The molecule has 0 amide bonds. The molecule has 0 aliphatic rings. The average molecular weight is 362 g/mol. The molecule has 3 heteroatoms. The predicted molar refractivity (Wildman–Crippen MR) is 109 cm³/mol. The summed E-state index contributed by atoms with van der Waals surface area (Å²) in [6, 6.07) is 28.2. The maximum Gasteiger partial charge on any atom is 0.206 e. The van der Waals surface area contributed by atoms with E-state index in [1.165, 1.54) is 0 Å². The zero-order valence-corrected chi connectivity index (χ0v) is 16.0. The van der Waals surface area contributed by atoms with Gasteiger partial charge < -0.3 is 4.57 Å². The Morgan fingerprint density at radius 2 is 1.12 bits per heavy atom. The minimum atomic E-state index is -3.41. The monoisotopic (exact) mass is 362 g/mol. The van der Waals surface area contributed by atoms with Crippen molar-refractivity contribution >= 4 is 23.3 Å². The molecule has 0 N–H and O–H groups in total. The fourth-order valence-corrected chi connectivity index (χ4v) is 6.15. The Morgan fingerprint density at radius 1 is 0.731 bits per heavy atom. The first-order chi connectivity index (χ1) is 12.4. The van der Waals surface area contributed by atoms with Crippen LogP contribution in [0.2, 0.25) is 0 Å². The topological polar surface area (TPSA) is 34.1 Å². The third-order valence-corrected chi connectivity index (χ3v) is 7.82. The van der Waals surface area contributed by atoms with Crippen LogP contribution in [0, 0.1) is 5.41 Å². The third-order valence-electron chi connectivity index (χ3n) is 4.59. The highest BCUT2D eigenvalue weighted by Gasteiger charge is 2.44. The van der Waals surface area contributed by atoms with Gasteiger partial charge in [-0.05, 0) is 12.0 Å². The summed E-state index contributed by atoms with van der Waals surface area (Å²) in [4.78, 5) is 13.6. The maximum absolute atomic E-state index is 14.2. The quantitative estimate of drug-likeness (QED) is 0.591. The van der Waals surface area contributed by atoms with Gasteiger partial charge >= 0.3 is 0 Å². The van der Waals surface area contributed by atoms with Crippen molar-refractivity contribution < 1.29 is 9.36 Å². The Balaban J connectivity index is 2.07. The second kappa shape index (κ2) is 7.43. The lowest BCUT2D eigenvalue weighted by atomic mass is 9.87. The van der Waals surface area contributed by atoms with Gasteiger partial charge in [0.1, 0.15) is 0 Å². The summed E-state index contributed by atoms with van der Waals surface area (Å²) in [5.74, 6) is 0. The first kappa shape index (κ1) is 18.4. The molecule has 0 saturated carbocycles. The zero-order valence-electron chi connectivity index (χ0n) is 15.1. The number of rotatable bonds is 6. The molecule has 0 fully saturated rings. The minimum absolute atomic E-state index is 0.203. The normalized spacial score (nSPS) is 11.9. The molecule has 26 heavy (non-hydrogen) atoms. The van der Waals surface area contributed by atoms with Gasteiger partial charge in [-0.3, -0.25) is 4.79 Å². The van der Waals surface area contributed by atoms with Crippen LogP contribution in [0.1, 0.15) is 19.4 Å². The van der Waals surface area contributed by atoms with Crippen molar-refractivity contribution in [2.45, 2.75) is 20.3 Å². The van der Waals surface area contributed by atoms with Gasteiger partial charge in [-0.2, -0.15) is 0 Å². The van der Waals surface area contributed by atoms with E-state index in [1.54, 1.807) is 24.3 Å². The summed E-state index contributed by atoms with van der Waals surface area (Å²) >= 11 is 0. The van der Waals surface area contributed by atoms with Gasteiger partial charge in [0.2, 0.25) is 12.7 Å². The van der Waals surface area contributed by atoms with E-state index in [1.807, 2.05) is 80.6 Å². The largest absolute Gasteiger partial charge is 0.306 e. The Bertz CT molecular complexity index is 873. The van der Waals surface area contributed by atoms with E-state index >= 15 is 0 Å². The Kier molecular flexibility index (Phi) is 5.25. The highest BCUT2D eigenvalue weighted by Crippen LogP contribution is 2.50. The van der Waals surface area contributed by atoms with Crippen LogP contribution >= 0.6 is 7.14 Å². The molecular formula is C23H23O2P. The smallest absolute Gasteiger partial charge is 0.206 e. The summed E-state index contributed by atoms with van der Waals surface area (Å²) < 4.78 is 14.2. The number of carbonyl (C=O) groups excluding carboxylic acids is 1. The van der Waals surface area contributed by atoms with Crippen molar-refractivity contribution in [3.63, 3.8) is 0 Å². The first-order valence-electron chi connectivity index (χ1n) is 8.75. The molecule has 0 radical (unpaired) electrons. The Hall–Kier alpha value is -2.44. The van der Waals surface area contributed by atoms with E-state index in [0.29, 0.717) is 17.0 Å². The van der Waals surface area contributed by atoms with E-state index in [2.05, 4.69) is 0 Å². The van der Waals surface area contributed by atoms with Gasteiger partial charge in [0, 0.05) is 16.0 Å². The molecule has 3 rings (SSSR count). The van der Waals surface area contributed by atoms with E-state index < -0.39 is 12.6 Å². The van der Waals surface area contributed by atoms with Crippen molar-refractivity contribution in [2.24, 2.45) is 5.41 Å². The predicted octanol–water partition coefficient (Wildman–Crippen LogP) is 4.80. The molecule has 3 aromatic carbocycles. The fraction of sp³-hybridized carbons (Fsp3) is 0.174. The van der Waals surface area contributed by atoms with Crippen molar-refractivity contribution in [3.05, 3.63) is 96.6 Å². The van der Waals surface area contributed by atoms with Gasteiger partial charge in [-0.25, -0.2) is 0 Å². The van der Waals surface area contributed by atoms with Crippen molar-refractivity contribution in [2.75, 3.05) is 0 Å². The Morgan fingerprint density at radius 3 is 1.54 bits per heavy atom. The summed E-state index contributed by atoms with van der Waals surface area (Å²) in [5.41, 5.74) is 0.118. The summed E-state index contributed by atoms with van der Waals surface area (Å²) in [6.07, 6.45) is 0.552. The highest BCUT2D eigenvalue weighted by molar-refractivity contribution is 7.93. The van der Waals surface area contributed by atoms with Crippen LogP contribution in [-0.4, -0.2) is 5.52 Å². The Labute approximate surface area is 155 Å². The number of carbonyl (C=O) groups is 1. The van der Waals surface area contributed by atoms with Crippen LogP contribution in [0.4, 0.5) is 0 Å². The van der Waals surface area contributed by atoms with Crippen LogP contribution in [0.25, 0.3) is 0 Å². The zero-order chi connectivity index (χ0) is 18.6. The average Bonchev–Trinajstić information content (AvgIpc) is 2.68. The van der Waals surface area contributed by atoms with E-state index in [-0.39, 0.29) is 5.52 Å². The fourth-order valence-electron chi connectivity index (χ4n) is 3.27. The summed E-state index contributed by atoms with van der Waals surface area (Å²) in [7, 11) is -3.41. The van der Waals surface area contributed by atoms with Crippen LogP contribution in [0.15, 0.2) is 91.0 Å². The van der Waals surface area contributed by atoms with E-state index in [4.69, 9.17) is 0 Å². The SMILES string of the molecule is CC(C)(Cc1ccccc1)C(=O)P(=O)(c1ccccc1)c1ccccc1. The molecule has 0 saturated heterocycles. The molecule has 0 unspecified atom stereocenters. The first-order valence-corrected chi connectivity index (χ1v) is 10.5. The molecule has 0 aromatic heterocycles. The van der Waals surface area contributed by atoms with Crippen molar-refractivity contribution in [1.29, 1.82) is 0 Å². The van der Waals surface area contributed by atoms with Gasteiger partial charge in [0.15, 0.2) is 0 Å². The highest BCUT2D eigenvalue weighted by atomic mass is 31.2. The molecule has 0 atom stereocenters. The molecule has 132 valence electrons. The number of benzene rings is 3. The maximum atomic E-state index is 14.2. The van der Waals surface area contributed by atoms with Crippen molar-refractivity contribution in [1.82, 2.24) is 0 Å². The summed E-state index contributed by atoms with van der Waals surface area (Å²) in [6.45, 7) is 3.78. The second-order valence-corrected chi connectivity index (χ2v) is 9.79. The third kappa shape index (κ3) is 3.57. The molecule has 0 bridgehead atoms. The lowest BCUT2D eigenvalue weighted by Crippen LogP contribution is -2.34. The van der Waals surface area contributed by atoms with Crippen LogP contribution in [-0.2, 0) is 15.8 Å². The molecule has 2 nitrogen and oxygen atoms in total. The van der Waals surface area contributed by atoms with Crippen LogP contribution in [0.3, 0.4) is 0 Å². The number of hydrogen-bond donors (Lipinski definition) is 0. The second-order valence-electron chi connectivity index (χ2n) is 7.13. The lowest BCUT2D eigenvalue weighted by Gasteiger charge is -2.29. The minimum Gasteiger partial charge on any atom is -0.306 e. The van der Waals surface area contributed by atoms with E-state index in [0.717, 1.165) is 5.56 Å². The lowest BCUT2D eigenvalue weighted by molar-refractivity contribution is -0.119. The molecule has 0 spiro atoms. The summed E-state index contributed by atoms with van der Waals surface area (Å²) in [5, 5.41) is 1.19. The molecular weight excluding hydrogens is 339 g/mol. The number of hydrogen-bond acceptors (Lipinski definition) is 2. The van der Waals surface area contributed by atoms with E-state index in [9.17, 15) is 9.36 Å². The van der Waals surface area contributed by atoms with Gasteiger partial charge in [0.25, 0.3) is 0 Å². The molecule has 0 aliphatic heterocycles. The molecule has 0 aliphatic carbocycles. The van der Waals surface area contributed by atoms with Crippen molar-refractivity contribution in [3.8, 4) is 0 Å². The standard InChI is InChI=1S/C23H23O2P/c1-23(2,18-19-12-6-3-7-13-19)22(24)26(25,20-14-8-4-9-15-20)21-16-10-5-11-17-21/h3-17H,18H2,1-2H3.